The van der Waals surface area contributed by atoms with Crippen molar-refractivity contribution in [1.29, 1.82) is 0 Å². The summed E-state index contributed by atoms with van der Waals surface area (Å²) in [6.45, 7) is 7.43. The van der Waals surface area contributed by atoms with Crippen molar-refractivity contribution in [1.82, 2.24) is 0 Å². The summed E-state index contributed by atoms with van der Waals surface area (Å²) >= 11 is 0. The molecule has 52 valence electrons. The highest BCUT2D eigenvalue weighted by atomic mass is 16.8. The zero-order chi connectivity index (χ0) is 6.98. The second kappa shape index (κ2) is 1.00. The summed E-state index contributed by atoms with van der Waals surface area (Å²) in [5, 5.41) is 0. The molecule has 4 unspecified atom stereocenters. The first kappa shape index (κ1) is 5.10. The van der Waals surface area contributed by atoms with Crippen molar-refractivity contribution in [3.8, 4) is 0 Å². The van der Waals surface area contributed by atoms with E-state index in [0.717, 1.165) is 0 Å². The van der Waals surface area contributed by atoms with Crippen LogP contribution in [0, 0.1) is 0 Å². The van der Waals surface area contributed by atoms with Gasteiger partial charge in [0.15, 0.2) is 11.2 Å². The molecule has 0 radical (unpaired) electrons. The third kappa shape index (κ3) is 0.229. The molecular weight excluding hydrogens is 128 g/mol. The van der Waals surface area contributed by atoms with Crippen LogP contribution in [0.2, 0.25) is 0 Å². The molecule has 3 aliphatic rings. The third-order valence-corrected chi connectivity index (χ3v) is 2.85. The summed E-state index contributed by atoms with van der Waals surface area (Å²) in [5.74, 6) is 0. The Bertz CT molecular complexity index is 224. The van der Waals surface area contributed by atoms with Crippen molar-refractivity contribution in [2.45, 2.75) is 23.4 Å². The van der Waals surface area contributed by atoms with Crippen molar-refractivity contribution in [3.05, 3.63) is 25.3 Å². The number of ether oxygens (including phenoxy) is 2. The molecule has 0 spiro atoms. The Labute approximate surface area is 59.1 Å². The lowest BCUT2D eigenvalue weighted by Crippen LogP contribution is -2.43. The van der Waals surface area contributed by atoms with E-state index in [2.05, 4.69) is 13.2 Å². The highest BCUT2D eigenvalue weighted by molar-refractivity contribution is 5.51. The van der Waals surface area contributed by atoms with E-state index < -0.39 is 0 Å². The van der Waals surface area contributed by atoms with Crippen molar-refractivity contribution >= 4 is 0 Å². The number of hydrogen-bond donors (Lipinski definition) is 0. The smallest absolute Gasteiger partial charge is 0.151 e. The van der Waals surface area contributed by atoms with Gasteiger partial charge in [0, 0.05) is 0 Å². The van der Waals surface area contributed by atoms with Gasteiger partial charge in [-0.3, -0.25) is 0 Å². The lowest BCUT2D eigenvalue weighted by Gasteiger charge is -2.16. The minimum atomic E-state index is -0.167. The summed E-state index contributed by atoms with van der Waals surface area (Å²) in [5.41, 5.74) is -0.334. The molecule has 1 saturated carbocycles. The van der Waals surface area contributed by atoms with E-state index >= 15 is 0 Å². The predicted octanol–water partition coefficient (Wildman–Crippen LogP) is 0.647. The number of rotatable bonds is 2. The minimum absolute atomic E-state index is 0.167. The van der Waals surface area contributed by atoms with Crippen LogP contribution < -0.4 is 0 Å². The van der Waals surface area contributed by atoms with E-state index in [0.29, 0.717) is 12.2 Å². The maximum atomic E-state index is 5.50. The summed E-state index contributed by atoms with van der Waals surface area (Å²) in [6.07, 6.45) is 4.26. The monoisotopic (exact) mass is 136 g/mol. The van der Waals surface area contributed by atoms with Crippen molar-refractivity contribution < 1.29 is 9.47 Å². The number of fused-ring (bicyclic) bond motifs is 4. The van der Waals surface area contributed by atoms with Crippen LogP contribution in [0.3, 0.4) is 0 Å². The third-order valence-electron chi connectivity index (χ3n) is 2.85. The van der Waals surface area contributed by atoms with Gasteiger partial charge in [0.05, 0.1) is 0 Å². The molecule has 0 aromatic carbocycles. The lowest BCUT2D eigenvalue weighted by molar-refractivity contribution is 0.228. The van der Waals surface area contributed by atoms with Gasteiger partial charge in [0.2, 0.25) is 0 Å². The molecule has 2 heterocycles. The van der Waals surface area contributed by atoms with Crippen molar-refractivity contribution in [2.24, 2.45) is 0 Å². The molecule has 0 aromatic heterocycles. The normalized spacial score (nSPS) is 66.8. The van der Waals surface area contributed by atoms with Gasteiger partial charge in [0.25, 0.3) is 0 Å². The first-order valence-corrected chi connectivity index (χ1v) is 3.43. The predicted molar refractivity (Wildman–Crippen MR) is 35.6 cm³/mol. The standard InChI is InChI=1S/C8H8O2/c1-3-7-5-6(9-5)8(7,4-2)10-7/h3-6H,1-2H2. The van der Waals surface area contributed by atoms with Crippen LogP contribution in [0.15, 0.2) is 25.3 Å². The quantitative estimate of drug-likeness (QED) is 0.411. The van der Waals surface area contributed by atoms with E-state index in [9.17, 15) is 0 Å². The summed E-state index contributed by atoms with van der Waals surface area (Å²) in [7, 11) is 0. The minimum Gasteiger partial charge on any atom is -0.362 e. The molecule has 1 aliphatic carbocycles. The number of hydrogen-bond acceptors (Lipinski definition) is 2. The van der Waals surface area contributed by atoms with E-state index in [4.69, 9.17) is 9.47 Å². The van der Waals surface area contributed by atoms with Crippen LogP contribution >= 0.6 is 0 Å². The Balaban J connectivity index is 2.07. The molecule has 2 heteroatoms. The van der Waals surface area contributed by atoms with Gasteiger partial charge in [-0.25, -0.2) is 0 Å². The van der Waals surface area contributed by atoms with Gasteiger partial charge in [-0.2, -0.15) is 0 Å². The van der Waals surface area contributed by atoms with Crippen molar-refractivity contribution in [3.63, 3.8) is 0 Å². The van der Waals surface area contributed by atoms with E-state index in [-0.39, 0.29) is 11.2 Å². The molecule has 2 saturated heterocycles. The Morgan fingerprint density at radius 1 is 1.10 bits per heavy atom. The molecule has 10 heavy (non-hydrogen) atoms. The molecule has 4 atom stereocenters. The average molecular weight is 136 g/mol. The Morgan fingerprint density at radius 2 is 1.60 bits per heavy atom. The summed E-state index contributed by atoms with van der Waals surface area (Å²) in [6, 6.07) is 0. The first-order valence-electron chi connectivity index (χ1n) is 3.43. The first-order chi connectivity index (χ1) is 4.81. The molecule has 0 amide bonds. The fourth-order valence-electron chi connectivity index (χ4n) is 2.12. The molecule has 2 aliphatic heterocycles. The molecule has 3 rings (SSSR count). The zero-order valence-corrected chi connectivity index (χ0v) is 5.54. The maximum Gasteiger partial charge on any atom is 0.151 e. The Hall–Kier alpha value is -0.600. The molecule has 0 aromatic rings. The van der Waals surface area contributed by atoms with Crippen LogP contribution in [-0.4, -0.2) is 23.4 Å². The van der Waals surface area contributed by atoms with Gasteiger partial charge >= 0.3 is 0 Å². The maximum absolute atomic E-state index is 5.50. The van der Waals surface area contributed by atoms with Crippen LogP contribution in [0.4, 0.5) is 0 Å². The Kier molecular flexibility index (Phi) is 0.513. The van der Waals surface area contributed by atoms with Crippen molar-refractivity contribution in [2.75, 3.05) is 0 Å². The average Bonchev–Trinajstić information content (AvgIpc) is 2.73. The largest absolute Gasteiger partial charge is 0.362 e. The molecule has 0 N–H and O–H groups in total. The van der Waals surface area contributed by atoms with E-state index in [1.54, 1.807) is 0 Å². The SMILES string of the molecule is C=CC12OC1(C=C)C1OC12. The van der Waals surface area contributed by atoms with Gasteiger partial charge in [-0.1, -0.05) is 12.2 Å². The van der Waals surface area contributed by atoms with Gasteiger partial charge in [-0.05, 0) is 0 Å². The van der Waals surface area contributed by atoms with Crippen LogP contribution in [0.25, 0.3) is 0 Å². The lowest BCUT2D eigenvalue weighted by atomic mass is 9.74. The van der Waals surface area contributed by atoms with Crippen LogP contribution in [0.1, 0.15) is 0 Å². The molecule has 3 fully saturated rings. The summed E-state index contributed by atoms with van der Waals surface area (Å²) in [4.78, 5) is 0. The Morgan fingerprint density at radius 3 is 1.90 bits per heavy atom. The highest BCUT2D eigenvalue weighted by Gasteiger charge is 2.94. The second-order valence-corrected chi connectivity index (χ2v) is 3.07. The molecule has 0 bridgehead atoms. The zero-order valence-electron chi connectivity index (χ0n) is 5.54. The van der Waals surface area contributed by atoms with Crippen LogP contribution in [-0.2, 0) is 9.47 Å². The van der Waals surface area contributed by atoms with E-state index in [1.165, 1.54) is 0 Å². The fraction of sp³-hybridized carbons (Fsp3) is 0.500. The fourth-order valence-corrected chi connectivity index (χ4v) is 2.12. The highest BCUT2D eigenvalue weighted by Crippen LogP contribution is 2.74. The van der Waals surface area contributed by atoms with Gasteiger partial charge in [-0.15, -0.1) is 13.2 Å². The van der Waals surface area contributed by atoms with Gasteiger partial charge < -0.3 is 9.47 Å². The number of epoxide rings is 2. The molecular formula is C8H8O2. The van der Waals surface area contributed by atoms with Crippen LogP contribution in [0.5, 0.6) is 0 Å². The second-order valence-electron chi connectivity index (χ2n) is 3.07. The summed E-state index contributed by atoms with van der Waals surface area (Å²) < 4.78 is 10.8. The van der Waals surface area contributed by atoms with Gasteiger partial charge in [0.1, 0.15) is 12.2 Å². The topological polar surface area (TPSA) is 25.1 Å². The van der Waals surface area contributed by atoms with E-state index in [1.807, 2.05) is 12.2 Å². The molecule has 2 nitrogen and oxygen atoms in total.